The molecule has 98 valence electrons. The molecule has 17 heavy (non-hydrogen) atoms. The minimum atomic E-state index is 0.724. The van der Waals surface area contributed by atoms with Gasteiger partial charge < -0.3 is 5.32 Å². The van der Waals surface area contributed by atoms with E-state index in [9.17, 15) is 0 Å². The Morgan fingerprint density at radius 1 is 1.18 bits per heavy atom. The molecule has 0 amide bonds. The third-order valence-electron chi connectivity index (χ3n) is 4.46. The average molecular weight is 235 g/mol. The van der Waals surface area contributed by atoms with Crippen molar-refractivity contribution in [3.63, 3.8) is 0 Å². The lowest BCUT2D eigenvalue weighted by molar-refractivity contribution is 0.247. The fourth-order valence-corrected chi connectivity index (χ4v) is 3.17. The lowest BCUT2D eigenvalue weighted by atomic mass is 9.75. The van der Waals surface area contributed by atoms with E-state index in [2.05, 4.69) is 18.3 Å². The van der Waals surface area contributed by atoms with Crippen LogP contribution in [0, 0.1) is 5.92 Å². The summed E-state index contributed by atoms with van der Waals surface area (Å²) in [5, 5.41) is 3.82. The molecule has 1 saturated carbocycles. The first-order valence-electron chi connectivity index (χ1n) is 7.84. The first-order valence-corrected chi connectivity index (χ1v) is 7.84. The molecule has 1 fully saturated rings. The van der Waals surface area contributed by atoms with Gasteiger partial charge in [-0.05, 0) is 57.4 Å². The van der Waals surface area contributed by atoms with Gasteiger partial charge >= 0.3 is 0 Å². The van der Waals surface area contributed by atoms with Gasteiger partial charge in [0, 0.05) is 6.04 Å². The summed E-state index contributed by atoms with van der Waals surface area (Å²) in [4.78, 5) is 0. The fraction of sp³-hybridized carbons (Fsp3) is 0.875. The lowest BCUT2D eigenvalue weighted by Crippen LogP contribution is -2.41. The molecule has 0 aromatic rings. The van der Waals surface area contributed by atoms with E-state index in [-0.39, 0.29) is 0 Å². The summed E-state index contributed by atoms with van der Waals surface area (Å²) in [6.45, 7) is 3.47. The second-order valence-corrected chi connectivity index (χ2v) is 5.85. The molecule has 2 rings (SSSR count). The molecule has 0 heterocycles. The van der Waals surface area contributed by atoms with Crippen LogP contribution in [-0.2, 0) is 0 Å². The van der Waals surface area contributed by atoms with Crippen molar-refractivity contribution in [1.82, 2.24) is 5.32 Å². The van der Waals surface area contributed by atoms with E-state index in [1.165, 1.54) is 70.8 Å². The Morgan fingerprint density at radius 3 is 2.71 bits per heavy atom. The quantitative estimate of drug-likeness (QED) is 0.695. The SMILES string of the molecule is CCCNC(C1=CCCCCCC1)C1CCC1. The second-order valence-electron chi connectivity index (χ2n) is 5.85. The van der Waals surface area contributed by atoms with Gasteiger partial charge in [0.25, 0.3) is 0 Å². The van der Waals surface area contributed by atoms with Gasteiger partial charge in [-0.1, -0.05) is 37.8 Å². The second kappa shape index (κ2) is 7.20. The predicted octanol–water partition coefficient (Wildman–Crippen LogP) is 4.44. The Morgan fingerprint density at radius 2 is 2.00 bits per heavy atom. The smallest absolute Gasteiger partial charge is 0.0307 e. The normalized spacial score (nSPS) is 24.4. The van der Waals surface area contributed by atoms with Crippen molar-refractivity contribution in [2.75, 3.05) is 6.54 Å². The molecule has 0 bridgehead atoms. The molecule has 1 nitrogen and oxygen atoms in total. The van der Waals surface area contributed by atoms with E-state index in [0.717, 1.165) is 12.0 Å². The standard InChI is InChI=1S/C16H29N/c1-2-13-17-16(15-11-8-12-15)14-9-6-4-3-5-7-10-14/h9,15-17H,2-8,10-13H2,1H3. The Hall–Kier alpha value is -0.300. The molecule has 1 N–H and O–H groups in total. The molecule has 0 saturated heterocycles. The van der Waals surface area contributed by atoms with E-state index in [4.69, 9.17) is 0 Å². The highest BCUT2D eigenvalue weighted by molar-refractivity contribution is 5.14. The molecular formula is C16H29N. The molecule has 0 radical (unpaired) electrons. The zero-order valence-electron chi connectivity index (χ0n) is 11.5. The number of allylic oxidation sites excluding steroid dienone is 1. The molecule has 0 aromatic heterocycles. The van der Waals surface area contributed by atoms with Crippen LogP contribution in [0.2, 0.25) is 0 Å². The third kappa shape index (κ3) is 3.84. The largest absolute Gasteiger partial charge is 0.310 e. The summed E-state index contributed by atoms with van der Waals surface area (Å²) in [6.07, 6.45) is 16.6. The van der Waals surface area contributed by atoms with Crippen molar-refractivity contribution in [2.45, 2.75) is 77.2 Å². The van der Waals surface area contributed by atoms with Gasteiger partial charge in [-0.15, -0.1) is 0 Å². The van der Waals surface area contributed by atoms with Crippen LogP contribution < -0.4 is 5.32 Å². The van der Waals surface area contributed by atoms with Gasteiger partial charge in [0.05, 0.1) is 0 Å². The van der Waals surface area contributed by atoms with Gasteiger partial charge in [-0.2, -0.15) is 0 Å². The summed E-state index contributed by atoms with van der Waals surface area (Å²) < 4.78 is 0. The van der Waals surface area contributed by atoms with E-state index in [1.54, 1.807) is 5.57 Å². The highest BCUT2D eigenvalue weighted by Crippen LogP contribution is 2.34. The minimum absolute atomic E-state index is 0.724. The maximum atomic E-state index is 3.82. The van der Waals surface area contributed by atoms with E-state index in [1.807, 2.05) is 0 Å². The summed E-state index contributed by atoms with van der Waals surface area (Å²) >= 11 is 0. The number of hydrogen-bond acceptors (Lipinski definition) is 1. The predicted molar refractivity (Wildman–Crippen MR) is 75.2 cm³/mol. The molecule has 1 atom stereocenters. The molecule has 0 aliphatic heterocycles. The zero-order chi connectivity index (χ0) is 11.9. The zero-order valence-corrected chi connectivity index (χ0v) is 11.5. The lowest BCUT2D eigenvalue weighted by Gasteiger charge is -2.36. The molecule has 2 aliphatic rings. The van der Waals surface area contributed by atoms with E-state index in [0.29, 0.717) is 0 Å². The average Bonchev–Trinajstić information content (AvgIpc) is 2.21. The molecular weight excluding hydrogens is 206 g/mol. The third-order valence-corrected chi connectivity index (χ3v) is 4.46. The maximum Gasteiger partial charge on any atom is 0.0307 e. The van der Waals surface area contributed by atoms with Crippen molar-refractivity contribution in [3.8, 4) is 0 Å². The molecule has 0 spiro atoms. The molecule has 2 aliphatic carbocycles. The fourth-order valence-electron chi connectivity index (χ4n) is 3.17. The van der Waals surface area contributed by atoms with Gasteiger partial charge in [-0.25, -0.2) is 0 Å². The molecule has 0 aromatic carbocycles. The van der Waals surface area contributed by atoms with Crippen molar-refractivity contribution in [1.29, 1.82) is 0 Å². The van der Waals surface area contributed by atoms with E-state index >= 15 is 0 Å². The number of hydrogen-bond donors (Lipinski definition) is 1. The Labute approximate surface area is 107 Å². The summed E-state index contributed by atoms with van der Waals surface area (Å²) in [5.41, 5.74) is 1.75. The van der Waals surface area contributed by atoms with Crippen LogP contribution in [-0.4, -0.2) is 12.6 Å². The maximum absolute atomic E-state index is 3.82. The molecule has 1 heteroatoms. The van der Waals surface area contributed by atoms with Crippen molar-refractivity contribution in [2.24, 2.45) is 5.92 Å². The van der Waals surface area contributed by atoms with Crippen LogP contribution in [0.15, 0.2) is 11.6 Å². The summed E-state index contributed by atoms with van der Waals surface area (Å²) in [6, 6.07) is 0.724. The monoisotopic (exact) mass is 235 g/mol. The van der Waals surface area contributed by atoms with Crippen LogP contribution in [0.1, 0.15) is 71.1 Å². The van der Waals surface area contributed by atoms with Crippen LogP contribution in [0.5, 0.6) is 0 Å². The number of rotatable bonds is 5. The topological polar surface area (TPSA) is 12.0 Å². The van der Waals surface area contributed by atoms with Crippen molar-refractivity contribution in [3.05, 3.63) is 11.6 Å². The van der Waals surface area contributed by atoms with Crippen LogP contribution in [0.4, 0.5) is 0 Å². The van der Waals surface area contributed by atoms with Crippen LogP contribution >= 0.6 is 0 Å². The first kappa shape index (κ1) is 13.1. The van der Waals surface area contributed by atoms with Crippen molar-refractivity contribution < 1.29 is 0 Å². The van der Waals surface area contributed by atoms with Crippen LogP contribution in [0.3, 0.4) is 0 Å². The first-order chi connectivity index (χ1) is 8.42. The van der Waals surface area contributed by atoms with E-state index < -0.39 is 0 Å². The Balaban J connectivity index is 1.95. The van der Waals surface area contributed by atoms with Gasteiger partial charge in [0.15, 0.2) is 0 Å². The van der Waals surface area contributed by atoms with Crippen molar-refractivity contribution >= 4 is 0 Å². The van der Waals surface area contributed by atoms with Crippen LogP contribution in [0.25, 0.3) is 0 Å². The highest BCUT2D eigenvalue weighted by Gasteiger charge is 2.29. The van der Waals surface area contributed by atoms with Gasteiger partial charge in [0.2, 0.25) is 0 Å². The molecule has 1 unspecified atom stereocenters. The Kier molecular flexibility index (Phi) is 5.57. The van der Waals surface area contributed by atoms with Gasteiger partial charge in [0.1, 0.15) is 0 Å². The highest BCUT2D eigenvalue weighted by atomic mass is 14.9. The number of nitrogens with one attached hydrogen (secondary N) is 1. The summed E-state index contributed by atoms with van der Waals surface area (Å²) in [5.74, 6) is 0.951. The minimum Gasteiger partial charge on any atom is -0.310 e. The van der Waals surface area contributed by atoms with Gasteiger partial charge in [-0.3, -0.25) is 0 Å². The Bertz CT molecular complexity index is 240. The summed E-state index contributed by atoms with van der Waals surface area (Å²) in [7, 11) is 0.